The van der Waals surface area contributed by atoms with Crippen molar-refractivity contribution in [2.24, 2.45) is 0 Å². The molecule has 0 saturated heterocycles. The fourth-order valence-corrected chi connectivity index (χ4v) is 1.02. The van der Waals surface area contributed by atoms with Crippen LogP contribution in [0.1, 0.15) is 27.2 Å². The van der Waals surface area contributed by atoms with Gasteiger partial charge in [0.2, 0.25) is 0 Å². The van der Waals surface area contributed by atoms with E-state index in [9.17, 15) is 0 Å². The van der Waals surface area contributed by atoms with E-state index in [-0.39, 0.29) is 6.10 Å². The van der Waals surface area contributed by atoms with Crippen LogP contribution >= 0.6 is 0 Å². The predicted octanol–water partition coefficient (Wildman–Crippen LogP) is 1.41. The minimum absolute atomic E-state index is 0.227. The van der Waals surface area contributed by atoms with Crippen LogP contribution in [0.3, 0.4) is 0 Å². The van der Waals surface area contributed by atoms with E-state index in [0.717, 1.165) is 6.42 Å². The quantitative estimate of drug-likeness (QED) is 0.628. The molecule has 0 spiro atoms. The molecule has 0 aliphatic rings. The zero-order valence-electron chi connectivity index (χ0n) is 8.42. The number of hydrogen-bond acceptors (Lipinski definition) is 2. The highest BCUT2D eigenvalue weighted by molar-refractivity contribution is 4.89. The van der Waals surface area contributed by atoms with E-state index in [1.165, 1.54) is 0 Å². The molecule has 0 aliphatic heterocycles. The molecule has 1 N–H and O–H groups in total. The first-order valence-electron chi connectivity index (χ1n) is 4.34. The maximum absolute atomic E-state index is 5.19. The number of hydrogen-bond donors (Lipinski definition) is 1. The lowest BCUT2D eigenvalue weighted by Crippen LogP contribution is -2.41. The van der Waals surface area contributed by atoms with Crippen molar-refractivity contribution in [3.63, 3.8) is 0 Å². The summed E-state index contributed by atoms with van der Waals surface area (Å²) >= 11 is 0. The van der Waals surface area contributed by atoms with Gasteiger partial charge in [-0.3, -0.25) is 0 Å². The van der Waals surface area contributed by atoms with Gasteiger partial charge < -0.3 is 10.1 Å². The van der Waals surface area contributed by atoms with Crippen LogP contribution in [0.4, 0.5) is 0 Å². The summed E-state index contributed by atoms with van der Waals surface area (Å²) in [5.41, 5.74) is 0. The summed E-state index contributed by atoms with van der Waals surface area (Å²) in [4.78, 5) is 0. The van der Waals surface area contributed by atoms with E-state index in [1.54, 1.807) is 7.11 Å². The van der Waals surface area contributed by atoms with Gasteiger partial charge in [-0.05, 0) is 20.8 Å². The molecule has 2 heteroatoms. The summed E-state index contributed by atoms with van der Waals surface area (Å²) in [7, 11) is 1.72. The van der Waals surface area contributed by atoms with Crippen LogP contribution in [0.25, 0.3) is 0 Å². The third-order valence-corrected chi connectivity index (χ3v) is 2.05. The van der Waals surface area contributed by atoms with E-state index in [0.29, 0.717) is 12.1 Å². The highest BCUT2D eigenvalue weighted by atomic mass is 16.5. The molecule has 0 rings (SSSR count). The Bertz CT molecular complexity index is 150. The van der Waals surface area contributed by atoms with Gasteiger partial charge >= 0.3 is 0 Å². The zero-order chi connectivity index (χ0) is 9.56. The van der Waals surface area contributed by atoms with Gasteiger partial charge in [0.1, 0.15) is 0 Å². The number of ether oxygens (including phenoxy) is 1. The van der Waals surface area contributed by atoms with Crippen molar-refractivity contribution in [2.75, 3.05) is 7.11 Å². The Hall–Kier alpha value is -0.520. The number of nitrogens with one attached hydrogen (secondary N) is 1. The molecule has 0 aromatic carbocycles. The summed E-state index contributed by atoms with van der Waals surface area (Å²) in [6.45, 7) is 6.22. The highest BCUT2D eigenvalue weighted by Crippen LogP contribution is 1.99. The average molecular weight is 169 g/mol. The molecule has 12 heavy (non-hydrogen) atoms. The summed E-state index contributed by atoms with van der Waals surface area (Å²) in [5, 5.41) is 3.36. The van der Waals surface area contributed by atoms with E-state index in [1.807, 2.05) is 6.92 Å². The molecule has 0 aliphatic carbocycles. The Balaban J connectivity index is 3.68. The summed E-state index contributed by atoms with van der Waals surface area (Å²) in [6, 6.07) is 0.709. The van der Waals surface area contributed by atoms with Gasteiger partial charge in [0.15, 0.2) is 0 Å². The van der Waals surface area contributed by atoms with Crippen molar-refractivity contribution in [2.45, 2.75) is 45.4 Å². The second-order valence-electron chi connectivity index (χ2n) is 3.21. The normalized spacial score (nSPS) is 17.9. The van der Waals surface area contributed by atoms with Crippen LogP contribution in [0.15, 0.2) is 0 Å². The van der Waals surface area contributed by atoms with Crippen molar-refractivity contribution in [3.05, 3.63) is 0 Å². The minimum atomic E-state index is 0.227. The third-order valence-electron chi connectivity index (χ3n) is 2.05. The van der Waals surface area contributed by atoms with Gasteiger partial charge in [-0.1, -0.05) is 0 Å². The Morgan fingerprint density at radius 3 is 2.42 bits per heavy atom. The predicted molar refractivity (Wildman–Crippen MR) is 52.0 cm³/mol. The summed E-state index contributed by atoms with van der Waals surface area (Å²) in [5.74, 6) is 2.63. The molecule has 3 unspecified atom stereocenters. The molecule has 3 atom stereocenters. The first kappa shape index (κ1) is 11.5. The molecule has 0 bridgehead atoms. The topological polar surface area (TPSA) is 21.3 Å². The Morgan fingerprint density at radius 2 is 2.00 bits per heavy atom. The standard InChI is InChI=1S/C10H19NO/c1-6-7-8(2)11-9(3)10(4)12-5/h1,8-11H,7H2,2-5H3. The molecule has 70 valence electrons. The number of terminal acetylenes is 1. The van der Waals surface area contributed by atoms with Gasteiger partial charge in [-0.2, -0.15) is 0 Å². The van der Waals surface area contributed by atoms with Crippen molar-refractivity contribution >= 4 is 0 Å². The van der Waals surface area contributed by atoms with Gasteiger partial charge in [-0.15, -0.1) is 12.3 Å². The average Bonchev–Trinajstić information content (AvgIpc) is 2.03. The highest BCUT2D eigenvalue weighted by Gasteiger charge is 2.12. The monoisotopic (exact) mass is 169 g/mol. The van der Waals surface area contributed by atoms with E-state index < -0.39 is 0 Å². The van der Waals surface area contributed by atoms with Crippen LogP contribution in [-0.2, 0) is 4.74 Å². The fraction of sp³-hybridized carbons (Fsp3) is 0.800. The first-order valence-corrected chi connectivity index (χ1v) is 4.34. The van der Waals surface area contributed by atoms with Crippen LogP contribution in [0, 0.1) is 12.3 Å². The SMILES string of the molecule is C#CCC(C)NC(C)C(C)OC. The minimum Gasteiger partial charge on any atom is -0.380 e. The number of rotatable bonds is 5. The van der Waals surface area contributed by atoms with E-state index in [4.69, 9.17) is 11.2 Å². The second kappa shape index (κ2) is 6.05. The van der Waals surface area contributed by atoms with Crippen molar-refractivity contribution in [1.29, 1.82) is 0 Å². The maximum atomic E-state index is 5.19. The molecule has 0 radical (unpaired) electrons. The Kier molecular flexibility index (Phi) is 5.79. The van der Waals surface area contributed by atoms with E-state index in [2.05, 4.69) is 25.1 Å². The smallest absolute Gasteiger partial charge is 0.0693 e. The van der Waals surface area contributed by atoms with Gasteiger partial charge in [0.05, 0.1) is 6.10 Å². The molecule has 0 aromatic rings. The molecular weight excluding hydrogens is 150 g/mol. The lowest BCUT2D eigenvalue weighted by Gasteiger charge is -2.23. The third kappa shape index (κ3) is 4.38. The van der Waals surface area contributed by atoms with Crippen LogP contribution < -0.4 is 5.32 Å². The van der Waals surface area contributed by atoms with Gasteiger partial charge in [0, 0.05) is 25.6 Å². The zero-order valence-corrected chi connectivity index (χ0v) is 8.42. The second-order valence-corrected chi connectivity index (χ2v) is 3.21. The van der Waals surface area contributed by atoms with Crippen molar-refractivity contribution in [1.82, 2.24) is 5.32 Å². The maximum Gasteiger partial charge on any atom is 0.0693 e. The Labute approximate surface area is 75.7 Å². The Morgan fingerprint density at radius 1 is 1.42 bits per heavy atom. The summed E-state index contributed by atoms with van der Waals surface area (Å²) in [6.07, 6.45) is 6.18. The van der Waals surface area contributed by atoms with Gasteiger partial charge in [-0.25, -0.2) is 0 Å². The molecule has 2 nitrogen and oxygen atoms in total. The molecule has 0 saturated carbocycles. The molecular formula is C10H19NO. The van der Waals surface area contributed by atoms with E-state index >= 15 is 0 Å². The summed E-state index contributed by atoms with van der Waals surface area (Å²) < 4.78 is 5.18. The lowest BCUT2D eigenvalue weighted by molar-refractivity contribution is 0.0854. The first-order chi connectivity index (χ1) is 5.61. The van der Waals surface area contributed by atoms with Crippen LogP contribution in [0.2, 0.25) is 0 Å². The molecule has 0 heterocycles. The molecule has 0 amide bonds. The largest absolute Gasteiger partial charge is 0.380 e. The fourth-order valence-electron chi connectivity index (χ4n) is 1.02. The molecule has 0 fully saturated rings. The van der Waals surface area contributed by atoms with Gasteiger partial charge in [0.25, 0.3) is 0 Å². The van der Waals surface area contributed by atoms with Crippen LogP contribution in [-0.4, -0.2) is 25.3 Å². The molecule has 0 aromatic heterocycles. The van der Waals surface area contributed by atoms with Crippen LogP contribution in [0.5, 0.6) is 0 Å². The van der Waals surface area contributed by atoms with Crippen molar-refractivity contribution in [3.8, 4) is 12.3 Å². The lowest BCUT2D eigenvalue weighted by atomic mass is 10.1. The number of methoxy groups -OCH3 is 1. The van der Waals surface area contributed by atoms with Crippen molar-refractivity contribution < 1.29 is 4.74 Å².